The topological polar surface area (TPSA) is 81.7 Å². The van der Waals surface area contributed by atoms with Crippen molar-refractivity contribution in [3.8, 4) is 5.82 Å². The number of rotatable bonds is 4. The van der Waals surface area contributed by atoms with E-state index < -0.39 is 0 Å². The second-order valence-electron chi connectivity index (χ2n) is 6.29. The van der Waals surface area contributed by atoms with Crippen LogP contribution in [0.1, 0.15) is 12.8 Å². The molecule has 4 rings (SSSR count). The molecule has 134 valence electrons. The number of nitrogens with zero attached hydrogens (tertiary/aromatic N) is 7. The van der Waals surface area contributed by atoms with E-state index in [1.807, 2.05) is 12.3 Å². The van der Waals surface area contributed by atoms with E-state index in [0.29, 0.717) is 18.3 Å². The van der Waals surface area contributed by atoms with Gasteiger partial charge >= 0.3 is 0 Å². The zero-order chi connectivity index (χ0) is 17.9. The van der Waals surface area contributed by atoms with Gasteiger partial charge in [0.25, 0.3) is 5.56 Å². The van der Waals surface area contributed by atoms with Gasteiger partial charge in [-0.15, -0.1) is 5.10 Å². The van der Waals surface area contributed by atoms with E-state index in [9.17, 15) is 4.79 Å². The normalized spacial score (nSPS) is 15.3. The zero-order valence-corrected chi connectivity index (χ0v) is 15.7. The van der Waals surface area contributed by atoms with Crippen molar-refractivity contribution in [3.63, 3.8) is 0 Å². The van der Waals surface area contributed by atoms with Crippen LogP contribution in [0, 0.1) is 5.92 Å². The van der Waals surface area contributed by atoms with Crippen LogP contribution < -0.4 is 10.5 Å². The van der Waals surface area contributed by atoms with E-state index in [4.69, 9.17) is 0 Å². The van der Waals surface area contributed by atoms with Crippen LogP contribution in [0.4, 0.5) is 5.95 Å². The van der Waals surface area contributed by atoms with Gasteiger partial charge < -0.3 is 4.90 Å². The van der Waals surface area contributed by atoms with Crippen LogP contribution in [0.5, 0.6) is 0 Å². The molecule has 0 radical (unpaired) electrons. The van der Waals surface area contributed by atoms with E-state index in [2.05, 4.69) is 41.0 Å². The maximum atomic E-state index is 12.2. The van der Waals surface area contributed by atoms with Crippen LogP contribution in [-0.4, -0.2) is 42.6 Å². The van der Waals surface area contributed by atoms with Crippen molar-refractivity contribution in [2.45, 2.75) is 19.4 Å². The zero-order valence-electron chi connectivity index (χ0n) is 14.1. The number of halogens is 1. The molecule has 1 aliphatic heterocycles. The molecule has 1 aliphatic rings. The van der Waals surface area contributed by atoms with Gasteiger partial charge in [0.1, 0.15) is 0 Å². The largest absolute Gasteiger partial charge is 0.341 e. The summed E-state index contributed by atoms with van der Waals surface area (Å²) >= 11 is 3.35. The second kappa shape index (κ2) is 7.36. The minimum absolute atomic E-state index is 0.0837. The minimum atomic E-state index is -0.0837. The van der Waals surface area contributed by atoms with Crippen molar-refractivity contribution in [2.75, 3.05) is 18.0 Å². The molecule has 3 aromatic rings. The quantitative estimate of drug-likeness (QED) is 0.646. The molecule has 0 bridgehead atoms. The lowest BCUT2D eigenvalue weighted by Gasteiger charge is -2.31. The van der Waals surface area contributed by atoms with Gasteiger partial charge in [-0.2, -0.15) is 5.10 Å². The van der Waals surface area contributed by atoms with Gasteiger partial charge in [-0.3, -0.25) is 4.79 Å². The Kier molecular flexibility index (Phi) is 4.79. The third-order valence-corrected chi connectivity index (χ3v) is 4.94. The van der Waals surface area contributed by atoms with Crippen molar-refractivity contribution in [1.29, 1.82) is 0 Å². The molecule has 26 heavy (non-hydrogen) atoms. The molecule has 0 N–H and O–H groups in total. The van der Waals surface area contributed by atoms with E-state index in [-0.39, 0.29) is 5.56 Å². The number of piperidine rings is 1. The lowest BCUT2D eigenvalue weighted by atomic mass is 9.97. The Morgan fingerprint density at radius 1 is 1.15 bits per heavy atom. The number of hydrogen-bond donors (Lipinski definition) is 0. The summed E-state index contributed by atoms with van der Waals surface area (Å²) in [4.78, 5) is 23.1. The van der Waals surface area contributed by atoms with Crippen molar-refractivity contribution in [2.24, 2.45) is 5.92 Å². The highest BCUT2D eigenvalue weighted by atomic mass is 79.9. The molecular formula is C17H18BrN7O. The summed E-state index contributed by atoms with van der Waals surface area (Å²) < 4.78 is 4.08. The lowest BCUT2D eigenvalue weighted by Crippen LogP contribution is -2.37. The highest BCUT2D eigenvalue weighted by Gasteiger charge is 2.22. The Hall–Kier alpha value is -2.55. The fraction of sp³-hybridized carbons (Fsp3) is 0.353. The average molecular weight is 416 g/mol. The molecule has 0 amide bonds. The molecule has 3 aromatic heterocycles. The molecule has 0 unspecified atom stereocenters. The van der Waals surface area contributed by atoms with Gasteiger partial charge in [0.2, 0.25) is 5.95 Å². The molecule has 0 spiro atoms. The Labute approximate surface area is 158 Å². The molecule has 1 fully saturated rings. The first-order valence-electron chi connectivity index (χ1n) is 8.50. The Morgan fingerprint density at radius 2 is 1.92 bits per heavy atom. The van der Waals surface area contributed by atoms with Gasteiger partial charge in [-0.05, 0) is 46.8 Å². The van der Waals surface area contributed by atoms with Crippen molar-refractivity contribution >= 4 is 21.9 Å². The fourth-order valence-electron chi connectivity index (χ4n) is 3.12. The molecule has 4 heterocycles. The van der Waals surface area contributed by atoms with E-state index >= 15 is 0 Å². The van der Waals surface area contributed by atoms with Crippen LogP contribution in [0.15, 0.2) is 52.3 Å². The van der Waals surface area contributed by atoms with Crippen LogP contribution in [-0.2, 0) is 6.54 Å². The minimum Gasteiger partial charge on any atom is -0.341 e. The standard InChI is InChI=1S/C17H18BrN7O/c18-14-10-19-17(20-11-14)23-8-4-13(5-9-23)12-25-16(26)3-2-15(22-25)24-7-1-6-21-24/h1-3,6-7,10-11,13H,4-5,8-9,12H2. The third kappa shape index (κ3) is 3.67. The van der Waals surface area contributed by atoms with E-state index in [1.165, 1.54) is 0 Å². The molecule has 1 saturated heterocycles. The first-order chi connectivity index (χ1) is 12.7. The molecule has 0 aliphatic carbocycles. The molecular weight excluding hydrogens is 398 g/mol. The SMILES string of the molecule is O=c1ccc(-n2cccn2)nn1CC1CCN(c2ncc(Br)cn2)CC1. The van der Waals surface area contributed by atoms with Crippen LogP contribution >= 0.6 is 15.9 Å². The maximum absolute atomic E-state index is 12.2. The summed E-state index contributed by atoms with van der Waals surface area (Å²) in [5.74, 6) is 1.80. The molecule has 0 saturated carbocycles. The van der Waals surface area contributed by atoms with Crippen LogP contribution in [0.3, 0.4) is 0 Å². The third-order valence-electron chi connectivity index (χ3n) is 4.53. The molecule has 0 aromatic carbocycles. The lowest BCUT2D eigenvalue weighted by molar-refractivity contribution is 0.333. The summed E-state index contributed by atoms with van der Waals surface area (Å²) in [6, 6.07) is 5.07. The predicted octanol–water partition coefficient (Wildman–Crippen LogP) is 1.90. The predicted molar refractivity (Wildman–Crippen MR) is 100 cm³/mol. The van der Waals surface area contributed by atoms with Crippen molar-refractivity contribution < 1.29 is 0 Å². The Balaban J connectivity index is 1.42. The van der Waals surface area contributed by atoms with Gasteiger partial charge in [0, 0.05) is 50.5 Å². The van der Waals surface area contributed by atoms with Crippen molar-refractivity contribution in [3.05, 3.63) is 57.8 Å². The number of aromatic nitrogens is 6. The van der Waals surface area contributed by atoms with Crippen LogP contribution in [0.25, 0.3) is 5.82 Å². The first kappa shape index (κ1) is 16.9. The van der Waals surface area contributed by atoms with Gasteiger partial charge in [-0.1, -0.05) is 0 Å². The average Bonchev–Trinajstić information content (AvgIpc) is 3.20. The first-order valence-corrected chi connectivity index (χ1v) is 9.29. The smallest absolute Gasteiger partial charge is 0.266 e. The maximum Gasteiger partial charge on any atom is 0.266 e. The Morgan fingerprint density at radius 3 is 2.62 bits per heavy atom. The van der Waals surface area contributed by atoms with Crippen LogP contribution in [0.2, 0.25) is 0 Å². The molecule has 9 heteroatoms. The summed E-state index contributed by atoms with van der Waals surface area (Å²) in [7, 11) is 0. The van der Waals surface area contributed by atoms with Gasteiger partial charge in [0.15, 0.2) is 5.82 Å². The van der Waals surface area contributed by atoms with E-state index in [0.717, 1.165) is 36.4 Å². The second-order valence-corrected chi connectivity index (χ2v) is 7.21. The molecule has 8 nitrogen and oxygen atoms in total. The highest BCUT2D eigenvalue weighted by Crippen LogP contribution is 2.22. The summed E-state index contributed by atoms with van der Waals surface area (Å²) in [6.45, 7) is 2.36. The van der Waals surface area contributed by atoms with Gasteiger partial charge in [0.05, 0.1) is 4.47 Å². The van der Waals surface area contributed by atoms with Gasteiger partial charge in [-0.25, -0.2) is 19.3 Å². The summed E-state index contributed by atoms with van der Waals surface area (Å²) in [6.07, 6.45) is 8.97. The summed E-state index contributed by atoms with van der Waals surface area (Å²) in [5.41, 5.74) is -0.0837. The fourth-order valence-corrected chi connectivity index (χ4v) is 3.33. The molecule has 0 atom stereocenters. The van der Waals surface area contributed by atoms with Crippen molar-refractivity contribution in [1.82, 2.24) is 29.5 Å². The van der Waals surface area contributed by atoms with E-state index in [1.54, 1.807) is 40.1 Å². The summed E-state index contributed by atoms with van der Waals surface area (Å²) in [5, 5.41) is 8.63. The number of hydrogen-bond acceptors (Lipinski definition) is 6. The number of anilines is 1. The highest BCUT2D eigenvalue weighted by molar-refractivity contribution is 9.10. The Bertz CT molecular complexity index is 915. The monoisotopic (exact) mass is 415 g/mol.